The molecule has 0 saturated heterocycles. The first-order valence-corrected chi connectivity index (χ1v) is 6.61. The average Bonchev–Trinajstić information content (AvgIpc) is 2.45. The van der Waals surface area contributed by atoms with Gasteiger partial charge < -0.3 is 10.4 Å². The molecule has 1 aromatic heterocycles. The van der Waals surface area contributed by atoms with Gasteiger partial charge in [0.2, 0.25) is 0 Å². The van der Waals surface area contributed by atoms with E-state index in [-0.39, 0.29) is 5.56 Å². The van der Waals surface area contributed by atoms with Gasteiger partial charge in [0.15, 0.2) is 0 Å². The van der Waals surface area contributed by atoms with Crippen LogP contribution in [0.25, 0.3) is 0 Å². The molecule has 2 aromatic rings. The van der Waals surface area contributed by atoms with Gasteiger partial charge in [0.05, 0.1) is 5.69 Å². The van der Waals surface area contributed by atoms with Crippen molar-refractivity contribution in [2.75, 3.05) is 5.32 Å². The fourth-order valence-corrected chi connectivity index (χ4v) is 1.97. The Balaban J connectivity index is 2.13. The molecule has 1 aromatic carbocycles. The van der Waals surface area contributed by atoms with Crippen LogP contribution < -0.4 is 5.32 Å². The molecule has 20 heavy (non-hydrogen) atoms. The van der Waals surface area contributed by atoms with Crippen LogP contribution in [0.3, 0.4) is 0 Å². The number of aryl methyl sites for hydroxylation is 2. The molecule has 1 heterocycles. The molecule has 2 rings (SSSR count). The fourth-order valence-electron chi connectivity index (χ4n) is 1.97. The Morgan fingerprint density at radius 2 is 1.90 bits per heavy atom. The number of aromatic carboxylic acids is 1. The van der Waals surface area contributed by atoms with Crippen molar-refractivity contribution in [2.24, 2.45) is 0 Å². The number of aromatic nitrogens is 1. The smallest absolute Gasteiger partial charge is 0.339 e. The van der Waals surface area contributed by atoms with Crippen LogP contribution in [0.5, 0.6) is 0 Å². The molecule has 0 aliphatic heterocycles. The Labute approximate surface area is 118 Å². The SMILES string of the molecule is CCc1ccc(CNc2cc(C)ncc2C(=O)O)cc1. The van der Waals surface area contributed by atoms with Gasteiger partial charge in [-0.3, -0.25) is 4.98 Å². The van der Waals surface area contributed by atoms with E-state index in [1.54, 1.807) is 6.07 Å². The molecular formula is C16H18N2O2. The molecule has 2 N–H and O–H groups in total. The zero-order valence-electron chi connectivity index (χ0n) is 11.7. The lowest BCUT2D eigenvalue weighted by Crippen LogP contribution is -2.07. The molecule has 4 nitrogen and oxygen atoms in total. The third kappa shape index (κ3) is 3.35. The topological polar surface area (TPSA) is 62.2 Å². The summed E-state index contributed by atoms with van der Waals surface area (Å²) in [4.78, 5) is 15.2. The van der Waals surface area contributed by atoms with Crippen molar-refractivity contribution in [3.63, 3.8) is 0 Å². The molecule has 0 spiro atoms. The minimum Gasteiger partial charge on any atom is -0.478 e. The van der Waals surface area contributed by atoms with Gasteiger partial charge in [-0.1, -0.05) is 31.2 Å². The summed E-state index contributed by atoms with van der Waals surface area (Å²) in [6.07, 6.45) is 2.40. The highest BCUT2D eigenvalue weighted by atomic mass is 16.4. The van der Waals surface area contributed by atoms with Crippen molar-refractivity contribution in [3.8, 4) is 0 Å². The lowest BCUT2D eigenvalue weighted by Gasteiger charge is -2.10. The lowest BCUT2D eigenvalue weighted by atomic mass is 10.1. The first-order valence-electron chi connectivity index (χ1n) is 6.61. The number of nitrogens with one attached hydrogen (secondary N) is 1. The summed E-state index contributed by atoms with van der Waals surface area (Å²) in [7, 11) is 0. The number of carboxylic acids is 1. The molecule has 4 heteroatoms. The summed E-state index contributed by atoms with van der Waals surface area (Å²) in [6, 6.07) is 10.0. The summed E-state index contributed by atoms with van der Waals surface area (Å²) in [5.74, 6) is -0.971. The summed E-state index contributed by atoms with van der Waals surface area (Å²) < 4.78 is 0. The second-order valence-electron chi connectivity index (χ2n) is 4.70. The van der Waals surface area contributed by atoms with E-state index in [0.29, 0.717) is 12.2 Å². The standard InChI is InChI=1S/C16H18N2O2/c1-3-12-4-6-13(7-5-12)9-18-15-8-11(2)17-10-14(15)16(19)20/h4-8,10H,3,9H2,1-2H3,(H,17,18)(H,19,20). The Hall–Kier alpha value is -2.36. The number of nitrogens with zero attached hydrogens (tertiary/aromatic N) is 1. The van der Waals surface area contributed by atoms with Crippen molar-refractivity contribution in [2.45, 2.75) is 26.8 Å². The van der Waals surface area contributed by atoms with Crippen molar-refractivity contribution < 1.29 is 9.90 Å². The number of hydrogen-bond acceptors (Lipinski definition) is 3. The van der Waals surface area contributed by atoms with Gasteiger partial charge >= 0.3 is 5.97 Å². The maximum Gasteiger partial charge on any atom is 0.339 e. The van der Waals surface area contributed by atoms with E-state index >= 15 is 0 Å². The van der Waals surface area contributed by atoms with E-state index in [2.05, 4.69) is 41.5 Å². The summed E-state index contributed by atoms with van der Waals surface area (Å²) in [5, 5.41) is 12.3. The van der Waals surface area contributed by atoms with E-state index in [1.807, 2.05) is 6.92 Å². The van der Waals surface area contributed by atoms with Crippen LogP contribution in [0, 0.1) is 6.92 Å². The highest BCUT2D eigenvalue weighted by Crippen LogP contribution is 2.17. The molecule has 0 amide bonds. The van der Waals surface area contributed by atoms with Crippen LogP contribution in [-0.2, 0) is 13.0 Å². The lowest BCUT2D eigenvalue weighted by molar-refractivity contribution is 0.0697. The number of rotatable bonds is 5. The Morgan fingerprint density at radius 3 is 2.50 bits per heavy atom. The minimum absolute atomic E-state index is 0.195. The van der Waals surface area contributed by atoms with Crippen LogP contribution in [0.1, 0.15) is 34.1 Å². The van der Waals surface area contributed by atoms with E-state index in [4.69, 9.17) is 5.11 Å². The zero-order chi connectivity index (χ0) is 14.5. The van der Waals surface area contributed by atoms with Gasteiger partial charge in [0.1, 0.15) is 5.56 Å². The second-order valence-corrected chi connectivity index (χ2v) is 4.70. The highest BCUT2D eigenvalue weighted by Gasteiger charge is 2.10. The normalized spacial score (nSPS) is 10.3. The predicted molar refractivity (Wildman–Crippen MR) is 79.1 cm³/mol. The van der Waals surface area contributed by atoms with Gasteiger partial charge in [-0.25, -0.2) is 4.79 Å². The molecule has 0 saturated carbocycles. The largest absolute Gasteiger partial charge is 0.478 e. The molecule has 104 valence electrons. The van der Waals surface area contributed by atoms with Crippen LogP contribution in [0.15, 0.2) is 36.5 Å². The predicted octanol–water partition coefficient (Wildman–Crippen LogP) is 3.26. The van der Waals surface area contributed by atoms with Crippen LogP contribution in [-0.4, -0.2) is 16.1 Å². The summed E-state index contributed by atoms with van der Waals surface area (Å²) >= 11 is 0. The van der Waals surface area contributed by atoms with Gasteiger partial charge in [-0.05, 0) is 30.5 Å². The Morgan fingerprint density at radius 1 is 1.25 bits per heavy atom. The fraction of sp³-hybridized carbons (Fsp3) is 0.250. The number of pyridine rings is 1. The number of benzene rings is 1. The molecule has 0 aliphatic carbocycles. The Bertz CT molecular complexity index is 606. The molecule has 0 aliphatic rings. The van der Waals surface area contributed by atoms with Gasteiger partial charge in [0, 0.05) is 18.4 Å². The molecule has 0 fully saturated rings. The zero-order valence-corrected chi connectivity index (χ0v) is 11.7. The van der Waals surface area contributed by atoms with Gasteiger partial charge in [0.25, 0.3) is 0 Å². The molecule has 0 bridgehead atoms. The van der Waals surface area contributed by atoms with Crippen LogP contribution >= 0.6 is 0 Å². The van der Waals surface area contributed by atoms with E-state index in [0.717, 1.165) is 17.7 Å². The van der Waals surface area contributed by atoms with Gasteiger partial charge in [-0.2, -0.15) is 0 Å². The summed E-state index contributed by atoms with van der Waals surface area (Å²) in [5.41, 5.74) is 4.00. The maximum absolute atomic E-state index is 11.1. The molecule has 0 unspecified atom stereocenters. The molecular weight excluding hydrogens is 252 g/mol. The van der Waals surface area contributed by atoms with Crippen molar-refractivity contribution in [1.82, 2.24) is 4.98 Å². The minimum atomic E-state index is -0.971. The number of anilines is 1. The van der Waals surface area contributed by atoms with E-state index in [9.17, 15) is 4.79 Å². The average molecular weight is 270 g/mol. The molecule has 0 radical (unpaired) electrons. The third-order valence-electron chi connectivity index (χ3n) is 3.19. The van der Waals surface area contributed by atoms with E-state index < -0.39 is 5.97 Å². The second kappa shape index (κ2) is 6.19. The first kappa shape index (κ1) is 14.1. The van der Waals surface area contributed by atoms with Crippen LogP contribution in [0.4, 0.5) is 5.69 Å². The highest BCUT2D eigenvalue weighted by molar-refractivity contribution is 5.93. The Kier molecular flexibility index (Phi) is 4.35. The quantitative estimate of drug-likeness (QED) is 0.875. The van der Waals surface area contributed by atoms with Crippen molar-refractivity contribution >= 4 is 11.7 Å². The number of carbonyl (C=O) groups is 1. The van der Waals surface area contributed by atoms with Crippen LogP contribution in [0.2, 0.25) is 0 Å². The number of hydrogen-bond donors (Lipinski definition) is 2. The van der Waals surface area contributed by atoms with Crippen molar-refractivity contribution in [3.05, 3.63) is 58.9 Å². The third-order valence-corrected chi connectivity index (χ3v) is 3.19. The molecule has 0 atom stereocenters. The first-order chi connectivity index (χ1) is 9.60. The van der Waals surface area contributed by atoms with Crippen molar-refractivity contribution in [1.29, 1.82) is 0 Å². The summed E-state index contributed by atoms with van der Waals surface area (Å²) in [6.45, 7) is 4.55. The van der Waals surface area contributed by atoms with E-state index in [1.165, 1.54) is 11.8 Å². The number of carboxylic acid groups (broad SMARTS) is 1. The monoisotopic (exact) mass is 270 g/mol. The van der Waals surface area contributed by atoms with Gasteiger partial charge in [-0.15, -0.1) is 0 Å². The maximum atomic E-state index is 11.1.